The van der Waals surface area contributed by atoms with E-state index in [0.717, 1.165) is 5.56 Å². The third-order valence-corrected chi connectivity index (χ3v) is 5.58. The van der Waals surface area contributed by atoms with Gasteiger partial charge < -0.3 is 5.32 Å². The molecule has 2 aromatic carbocycles. The molecule has 0 saturated heterocycles. The zero-order valence-electron chi connectivity index (χ0n) is 14.0. The van der Waals surface area contributed by atoms with Gasteiger partial charge in [0.05, 0.1) is 15.5 Å². The quantitative estimate of drug-likeness (QED) is 0.615. The topological polar surface area (TPSA) is 118 Å². The molecule has 9 heteroatoms. The smallest absolute Gasteiger partial charge is 0.274 e. The Balaban J connectivity index is 1.91. The van der Waals surface area contributed by atoms with Gasteiger partial charge in [0.2, 0.25) is 5.91 Å². The Morgan fingerprint density at radius 3 is 2.65 bits per heavy atom. The van der Waals surface area contributed by atoms with E-state index < -0.39 is 14.9 Å². The lowest BCUT2D eigenvalue weighted by Gasteiger charge is -2.18. The van der Waals surface area contributed by atoms with Crippen molar-refractivity contribution in [2.75, 3.05) is 10.0 Å². The summed E-state index contributed by atoms with van der Waals surface area (Å²) in [5.41, 5.74) is 1.87. The minimum absolute atomic E-state index is 0.0367. The molecule has 1 amide bonds. The van der Waals surface area contributed by atoms with Crippen LogP contribution in [-0.4, -0.2) is 19.2 Å². The number of sulfonamides is 1. The number of fused-ring (bicyclic) bond motifs is 1. The first-order chi connectivity index (χ1) is 12.3. The highest BCUT2D eigenvalue weighted by atomic mass is 32.2. The molecule has 3 rings (SSSR count). The highest BCUT2D eigenvalue weighted by Crippen LogP contribution is 2.28. The van der Waals surface area contributed by atoms with Gasteiger partial charge in [0.1, 0.15) is 0 Å². The number of nitro benzene ring substituents is 1. The normalized spacial score (nSPS) is 13.7. The third-order valence-electron chi connectivity index (χ3n) is 4.20. The minimum Gasteiger partial charge on any atom is -0.326 e. The van der Waals surface area contributed by atoms with E-state index in [2.05, 4.69) is 10.0 Å². The summed E-state index contributed by atoms with van der Waals surface area (Å²) in [7, 11) is -3.91. The van der Waals surface area contributed by atoms with E-state index in [9.17, 15) is 23.3 Å². The van der Waals surface area contributed by atoms with Crippen molar-refractivity contribution in [3.8, 4) is 0 Å². The highest BCUT2D eigenvalue weighted by Gasteiger charge is 2.21. The molecule has 0 unspecified atom stereocenters. The highest BCUT2D eigenvalue weighted by molar-refractivity contribution is 7.92. The second-order valence-corrected chi connectivity index (χ2v) is 7.61. The monoisotopic (exact) mass is 375 g/mol. The Kier molecular flexibility index (Phi) is 4.64. The molecular weight excluding hydrogens is 358 g/mol. The van der Waals surface area contributed by atoms with Crippen molar-refractivity contribution < 1.29 is 18.1 Å². The second-order valence-electron chi connectivity index (χ2n) is 5.93. The number of nitro groups is 1. The summed E-state index contributed by atoms with van der Waals surface area (Å²) < 4.78 is 27.6. The second kappa shape index (κ2) is 6.75. The van der Waals surface area contributed by atoms with Crippen LogP contribution in [0.2, 0.25) is 0 Å². The SMILES string of the molecule is CCc1ccc(NS(=O)(=O)c2ccc3c(c2)CCC(=O)N3)cc1[N+](=O)[O-]. The lowest BCUT2D eigenvalue weighted by atomic mass is 10.0. The summed E-state index contributed by atoms with van der Waals surface area (Å²) in [5, 5.41) is 13.8. The molecule has 1 aliphatic heterocycles. The number of carbonyl (C=O) groups is 1. The van der Waals surface area contributed by atoms with Gasteiger partial charge in [0, 0.05) is 23.7 Å². The summed E-state index contributed by atoms with van der Waals surface area (Å²) in [6, 6.07) is 8.70. The Morgan fingerprint density at radius 1 is 1.19 bits per heavy atom. The van der Waals surface area contributed by atoms with Gasteiger partial charge in [-0.15, -0.1) is 0 Å². The molecule has 2 aromatic rings. The summed E-state index contributed by atoms with van der Waals surface area (Å²) in [4.78, 5) is 22.0. The van der Waals surface area contributed by atoms with Crippen LogP contribution in [0.15, 0.2) is 41.3 Å². The molecule has 26 heavy (non-hydrogen) atoms. The molecule has 1 heterocycles. The maximum atomic E-state index is 12.6. The van der Waals surface area contributed by atoms with Gasteiger partial charge in [0.25, 0.3) is 15.7 Å². The van der Waals surface area contributed by atoms with Crippen LogP contribution in [0, 0.1) is 10.1 Å². The molecule has 2 N–H and O–H groups in total. The molecular formula is C17H17N3O5S. The van der Waals surface area contributed by atoms with Gasteiger partial charge in [-0.1, -0.05) is 13.0 Å². The summed E-state index contributed by atoms with van der Waals surface area (Å²) in [6.07, 6.45) is 1.23. The molecule has 0 saturated carbocycles. The fourth-order valence-electron chi connectivity index (χ4n) is 2.84. The van der Waals surface area contributed by atoms with Crippen molar-refractivity contribution in [2.45, 2.75) is 31.1 Å². The van der Waals surface area contributed by atoms with Crippen LogP contribution in [0.3, 0.4) is 0 Å². The molecule has 0 aromatic heterocycles. The molecule has 0 spiro atoms. The Bertz CT molecular complexity index is 1000. The van der Waals surface area contributed by atoms with Gasteiger partial charge in [-0.2, -0.15) is 0 Å². The van der Waals surface area contributed by atoms with Crippen molar-refractivity contribution in [3.05, 3.63) is 57.6 Å². The van der Waals surface area contributed by atoms with E-state index >= 15 is 0 Å². The van der Waals surface area contributed by atoms with Crippen molar-refractivity contribution in [1.29, 1.82) is 0 Å². The number of anilines is 2. The Morgan fingerprint density at radius 2 is 1.96 bits per heavy atom. The number of nitrogens with one attached hydrogen (secondary N) is 2. The first-order valence-electron chi connectivity index (χ1n) is 8.03. The van der Waals surface area contributed by atoms with Crippen molar-refractivity contribution >= 4 is 33.0 Å². The van der Waals surface area contributed by atoms with Crippen molar-refractivity contribution in [2.24, 2.45) is 0 Å². The fourth-order valence-corrected chi connectivity index (χ4v) is 3.94. The number of benzene rings is 2. The first kappa shape index (κ1) is 17.9. The first-order valence-corrected chi connectivity index (χ1v) is 9.51. The van der Waals surface area contributed by atoms with Crippen LogP contribution in [-0.2, 0) is 27.7 Å². The van der Waals surface area contributed by atoms with Gasteiger partial charge in [0.15, 0.2) is 0 Å². The molecule has 8 nitrogen and oxygen atoms in total. The number of aryl methyl sites for hydroxylation is 2. The minimum atomic E-state index is -3.91. The van der Waals surface area contributed by atoms with Crippen LogP contribution >= 0.6 is 0 Å². The maximum absolute atomic E-state index is 12.6. The molecule has 0 fully saturated rings. The molecule has 0 radical (unpaired) electrons. The number of hydrogen-bond donors (Lipinski definition) is 2. The number of amides is 1. The summed E-state index contributed by atoms with van der Waals surface area (Å²) in [5.74, 6) is -0.102. The lowest BCUT2D eigenvalue weighted by molar-refractivity contribution is -0.385. The van der Waals surface area contributed by atoms with Gasteiger partial charge in [-0.3, -0.25) is 19.6 Å². The molecule has 0 bridgehead atoms. The van der Waals surface area contributed by atoms with Crippen LogP contribution in [0.25, 0.3) is 0 Å². The number of hydrogen-bond acceptors (Lipinski definition) is 5. The van der Waals surface area contributed by atoms with Gasteiger partial charge in [-0.05, 0) is 42.7 Å². The molecule has 0 aliphatic carbocycles. The number of nitrogens with zero attached hydrogens (tertiary/aromatic N) is 1. The Hall–Kier alpha value is -2.94. The molecule has 136 valence electrons. The van der Waals surface area contributed by atoms with Crippen molar-refractivity contribution in [1.82, 2.24) is 0 Å². The van der Waals surface area contributed by atoms with Crippen LogP contribution in [0.4, 0.5) is 17.1 Å². The lowest BCUT2D eigenvalue weighted by Crippen LogP contribution is -2.20. The van der Waals surface area contributed by atoms with Crippen LogP contribution in [0.1, 0.15) is 24.5 Å². The fraction of sp³-hybridized carbons (Fsp3) is 0.235. The summed E-state index contributed by atoms with van der Waals surface area (Å²) >= 11 is 0. The molecule has 1 aliphatic rings. The van der Waals surface area contributed by atoms with E-state index in [4.69, 9.17) is 0 Å². The van der Waals surface area contributed by atoms with E-state index in [0.29, 0.717) is 30.5 Å². The summed E-state index contributed by atoms with van der Waals surface area (Å²) in [6.45, 7) is 1.79. The van der Waals surface area contributed by atoms with Crippen molar-refractivity contribution in [3.63, 3.8) is 0 Å². The predicted octanol–water partition coefficient (Wildman–Crippen LogP) is 2.84. The van der Waals surface area contributed by atoms with E-state index in [-0.39, 0.29) is 22.2 Å². The predicted molar refractivity (Wildman–Crippen MR) is 96.7 cm³/mol. The number of carbonyl (C=O) groups excluding carboxylic acids is 1. The average molecular weight is 375 g/mol. The number of rotatable bonds is 5. The van der Waals surface area contributed by atoms with Gasteiger partial charge >= 0.3 is 0 Å². The van der Waals surface area contributed by atoms with Gasteiger partial charge in [-0.25, -0.2) is 8.42 Å². The van der Waals surface area contributed by atoms with Crippen LogP contribution in [0.5, 0.6) is 0 Å². The van der Waals surface area contributed by atoms with E-state index in [1.54, 1.807) is 19.1 Å². The molecule has 0 atom stereocenters. The van der Waals surface area contributed by atoms with E-state index in [1.807, 2.05) is 0 Å². The maximum Gasteiger partial charge on any atom is 0.274 e. The zero-order chi connectivity index (χ0) is 18.9. The largest absolute Gasteiger partial charge is 0.326 e. The van der Waals surface area contributed by atoms with E-state index in [1.165, 1.54) is 24.3 Å². The average Bonchev–Trinajstić information content (AvgIpc) is 2.60. The third kappa shape index (κ3) is 3.52. The standard InChI is InChI=1S/C17H17N3O5S/c1-2-11-3-5-13(10-16(11)20(22)23)19-26(24,25)14-6-7-15-12(9-14)4-8-17(21)18-15/h3,5-7,9-10,19H,2,4,8H2,1H3,(H,18,21). The Labute approximate surface area is 150 Å². The van der Waals surface area contributed by atoms with Crippen LogP contribution < -0.4 is 10.0 Å². The zero-order valence-corrected chi connectivity index (χ0v) is 14.8.